The molecule has 1 heterocycles. The van der Waals surface area contributed by atoms with E-state index in [1.807, 2.05) is 0 Å². The third-order valence-corrected chi connectivity index (χ3v) is 3.91. The van der Waals surface area contributed by atoms with Gasteiger partial charge in [0.05, 0.1) is 5.69 Å². The maximum atomic E-state index is 4.33. The van der Waals surface area contributed by atoms with Gasteiger partial charge in [-0.25, -0.2) is 0 Å². The molecule has 4 nitrogen and oxygen atoms in total. The third-order valence-electron chi connectivity index (χ3n) is 3.91. The zero-order chi connectivity index (χ0) is 13.5. The van der Waals surface area contributed by atoms with Crippen molar-refractivity contribution in [3.63, 3.8) is 0 Å². The third kappa shape index (κ3) is 4.46. The van der Waals surface area contributed by atoms with Gasteiger partial charge in [0, 0.05) is 20.1 Å². The first kappa shape index (κ1) is 14.3. The van der Waals surface area contributed by atoms with Crippen molar-refractivity contribution in [1.29, 1.82) is 0 Å². The van der Waals surface area contributed by atoms with E-state index in [2.05, 4.69) is 46.5 Å². The fourth-order valence-electron chi connectivity index (χ4n) is 2.75. The summed E-state index contributed by atoms with van der Waals surface area (Å²) < 4.78 is 0. The van der Waals surface area contributed by atoms with Crippen molar-refractivity contribution < 1.29 is 0 Å². The normalized spacial score (nSPS) is 16.5. The lowest BCUT2D eigenvalue weighted by atomic mass is 9.89. The smallest absolute Gasteiger partial charge is 0.150 e. The van der Waals surface area contributed by atoms with Crippen LogP contribution in [0.5, 0.6) is 0 Å². The monoisotopic (exact) mass is 262 g/mol. The first-order valence-corrected chi connectivity index (χ1v) is 7.54. The van der Waals surface area contributed by atoms with Crippen LogP contribution in [0, 0.1) is 5.92 Å². The van der Waals surface area contributed by atoms with Crippen LogP contribution in [0.25, 0.3) is 0 Å². The summed E-state index contributed by atoms with van der Waals surface area (Å²) >= 11 is 0. The lowest BCUT2D eigenvalue weighted by Crippen LogP contribution is -2.27. The number of hydrogen-bond donors (Lipinski definition) is 1. The molecule has 1 N–H and O–H groups in total. The van der Waals surface area contributed by atoms with Gasteiger partial charge in [0.25, 0.3) is 0 Å². The summed E-state index contributed by atoms with van der Waals surface area (Å²) in [5.41, 5.74) is 1.01. The van der Waals surface area contributed by atoms with E-state index in [0.717, 1.165) is 37.1 Å². The maximum Gasteiger partial charge on any atom is 0.150 e. The Balaban J connectivity index is 1.85. The second kappa shape index (κ2) is 7.43. The van der Waals surface area contributed by atoms with E-state index in [0.29, 0.717) is 0 Å². The van der Waals surface area contributed by atoms with Crippen molar-refractivity contribution in [2.24, 2.45) is 5.92 Å². The van der Waals surface area contributed by atoms with Crippen molar-refractivity contribution in [2.75, 3.05) is 25.0 Å². The molecule has 19 heavy (non-hydrogen) atoms. The zero-order valence-electron chi connectivity index (χ0n) is 12.2. The molecule has 1 aromatic rings. The summed E-state index contributed by atoms with van der Waals surface area (Å²) in [5.74, 6) is 1.83. The van der Waals surface area contributed by atoms with Crippen LogP contribution in [-0.2, 0) is 6.54 Å². The minimum absolute atomic E-state index is 0.802. The van der Waals surface area contributed by atoms with Gasteiger partial charge in [0.1, 0.15) is 0 Å². The van der Waals surface area contributed by atoms with Gasteiger partial charge in [0.2, 0.25) is 0 Å². The van der Waals surface area contributed by atoms with Gasteiger partial charge >= 0.3 is 0 Å². The highest BCUT2D eigenvalue weighted by Crippen LogP contribution is 2.25. The van der Waals surface area contributed by atoms with Gasteiger partial charge in [-0.15, -0.1) is 5.10 Å². The van der Waals surface area contributed by atoms with Gasteiger partial charge < -0.3 is 10.2 Å². The molecule has 0 amide bonds. The molecule has 0 saturated heterocycles. The highest BCUT2D eigenvalue weighted by molar-refractivity contribution is 5.36. The minimum Gasteiger partial charge on any atom is -0.358 e. The Morgan fingerprint density at radius 3 is 2.63 bits per heavy atom. The number of nitrogens with zero attached hydrogens (tertiary/aromatic N) is 3. The number of nitrogens with one attached hydrogen (secondary N) is 1. The van der Waals surface area contributed by atoms with E-state index in [-0.39, 0.29) is 0 Å². The van der Waals surface area contributed by atoms with Gasteiger partial charge in [-0.3, -0.25) is 0 Å². The molecule has 0 atom stereocenters. The molecule has 0 radical (unpaired) electrons. The van der Waals surface area contributed by atoms with Crippen LogP contribution in [0.2, 0.25) is 0 Å². The molecule has 0 bridgehead atoms. The number of anilines is 1. The van der Waals surface area contributed by atoms with E-state index >= 15 is 0 Å². The molecule has 0 spiro atoms. The average molecular weight is 262 g/mol. The van der Waals surface area contributed by atoms with Gasteiger partial charge in [-0.05, 0) is 37.4 Å². The van der Waals surface area contributed by atoms with E-state index in [4.69, 9.17) is 0 Å². The Morgan fingerprint density at radius 2 is 2.00 bits per heavy atom. The average Bonchev–Trinajstić information content (AvgIpc) is 2.46. The summed E-state index contributed by atoms with van der Waals surface area (Å²) in [6.07, 6.45) is 6.95. The summed E-state index contributed by atoms with van der Waals surface area (Å²) in [6, 6.07) is 4.16. The maximum absolute atomic E-state index is 4.33. The van der Waals surface area contributed by atoms with E-state index in [1.54, 1.807) is 0 Å². The lowest BCUT2D eigenvalue weighted by molar-refractivity contribution is 0.361. The standard InChI is InChI=1S/C15H26N4/c1-3-16-11-14-9-10-15(18-17-14)19(2)12-13-7-5-4-6-8-13/h9-10,13,16H,3-8,11-12H2,1-2H3. The van der Waals surface area contributed by atoms with Crippen LogP contribution in [0.1, 0.15) is 44.7 Å². The summed E-state index contributed by atoms with van der Waals surface area (Å²) in [7, 11) is 2.13. The summed E-state index contributed by atoms with van der Waals surface area (Å²) in [6.45, 7) is 4.97. The minimum atomic E-state index is 0.802. The predicted molar refractivity (Wildman–Crippen MR) is 79.3 cm³/mol. The molecule has 0 unspecified atom stereocenters. The molecular weight excluding hydrogens is 236 g/mol. The summed E-state index contributed by atoms with van der Waals surface area (Å²) in [5, 5.41) is 11.9. The quantitative estimate of drug-likeness (QED) is 0.855. The molecule has 1 aliphatic rings. The van der Waals surface area contributed by atoms with Crippen LogP contribution >= 0.6 is 0 Å². The molecule has 1 saturated carbocycles. The molecule has 1 aromatic heterocycles. The Kier molecular flexibility index (Phi) is 5.58. The van der Waals surface area contributed by atoms with Gasteiger partial charge in [0.15, 0.2) is 5.82 Å². The Hall–Kier alpha value is -1.16. The van der Waals surface area contributed by atoms with Crippen molar-refractivity contribution in [1.82, 2.24) is 15.5 Å². The fraction of sp³-hybridized carbons (Fsp3) is 0.733. The SMILES string of the molecule is CCNCc1ccc(N(C)CC2CCCCC2)nn1. The molecule has 106 valence electrons. The van der Waals surface area contributed by atoms with E-state index in [1.165, 1.54) is 32.1 Å². The number of rotatable bonds is 6. The predicted octanol–water partition coefficient (Wildman–Crippen LogP) is 2.60. The van der Waals surface area contributed by atoms with Crippen molar-refractivity contribution >= 4 is 5.82 Å². The van der Waals surface area contributed by atoms with Gasteiger partial charge in [-0.1, -0.05) is 26.2 Å². The summed E-state index contributed by atoms with van der Waals surface area (Å²) in [4.78, 5) is 2.25. The van der Waals surface area contributed by atoms with Crippen LogP contribution in [-0.4, -0.2) is 30.3 Å². The number of hydrogen-bond acceptors (Lipinski definition) is 4. The second-order valence-corrected chi connectivity index (χ2v) is 5.55. The van der Waals surface area contributed by atoms with Crippen LogP contribution in [0.15, 0.2) is 12.1 Å². The first-order valence-electron chi connectivity index (χ1n) is 7.54. The lowest BCUT2D eigenvalue weighted by Gasteiger charge is -2.27. The second-order valence-electron chi connectivity index (χ2n) is 5.55. The number of aromatic nitrogens is 2. The molecule has 1 aliphatic carbocycles. The largest absolute Gasteiger partial charge is 0.358 e. The highest BCUT2D eigenvalue weighted by Gasteiger charge is 2.16. The van der Waals surface area contributed by atoms with Crippen LogP contribution in [0.3, 0.4) is 0 Å². The molecule has 4 heteroatoms. The van der Waals surface area contributed by atoms with E-state index < -0.39 is 0 Å². The fourth-order valence-corrected chi connectivity index (χ4v) is 2.75. The molecule has 0 aliphatic heterocycles. The van der Waals surface area contributed by atoms with Crippen molar-refractivity contribution in [2.45, 2.75) is 45.6 Å². The first-order chi connectivity index (χ1) is 9.29. The van der Waals surface area contributed by atoms with Gasteiger partial charge in [-0.2, -0.15) is 5.10 Å². The molecule has 0 aromatic carbocycles. The zero-order valence-corrected chi connectivity index (χ0v) is 12.2. The Morgan fingerprint density at radius 1 is 1.21 bits per heavy atom. The highest BCUT2D eigenvalue weighted by atomic mass is 15.2. The Bertz CT molecular complexity index is 357. The molecular formula is C15H26N4. The van der Waals surface area contributed by atoms with Crippen molar-refractivity contribution in [3.8, 4) is 0 Å². The molecule has 1 fully saturated rings. The molecule has 2 rings (SSSR count). The Labute approximate surface area is 116 Å². The van der Waals surface area contributed by atoms with Crippen LogP contribution < -0.4 is 10.2 Å². The van der Waals surface area contributed by atoms with E-state index in [9.17, 15) is 0 Å². The topological polar surface area (TPSA) is 41.0 Å². The van der Waals surface area contributed by atoms with Crippen molar-refractivity contribution in [3.05, 3.63) is 17.8 Å². The van der Waals surface area contributed by atoms with Crippen LogP contribution in [0.4, 0.5) is 5.82 Å².